The van der Waals surface area contributed by atoms with Crippen molar-refractivity contribution in [3.05, 3.63) is 134 Å². The van der Waals surface area contributed by atoms with Gasteiger partial charge in [-0.15, -0.1) is 0 Å². The third kappa shape index (κ3) is 9.31. The van der Waals surface area contributed by atoms with Gasteiger partial charge in [0.15, 0.2) is 23.1 Å². The molecule has 0 radical (unpaired) electrons. The first-order chi connectivity index (χ1) is 22.5. The van der Waals surface area contributed by atoms with E-state index in [1.807, 2.05) is 6.07 Å². The van der Waals surface area contributed by atoms with Gasteiger partial charge in [-0.2, -0.15) is 0 Å². The number of hydrogen-bond acceptors (Lipinski definition) is 8. The van der Waals surface area contributed by atoms with Crippen LogP contribution >= 0.6 is 47.8 Å². The minimum atomic E-state index is -0.565. The van der Waals surface area contributed by atoms with Crippen LogP contribution in [-0.4, -0.2) is 41.2 Å². The summed E-state index contributed by atoms with van der Waals surface area (Å²) < 4.78 is 44.8. The molecule has 2 heterocycles. The highest BCUT2D eigenvalue weighted by Crippen LogP contribution is 2.31. The van der Waals surface area contributed by atoms with Crippen molar-refractivity contribution in [3.8, 4) is 17.4 Å². The highest BCUT2D eigenvalue weighted by atomic mass is 79.9. The summed E-state index contributed by atoms with van der Waals surface area (Å²) in [5.41, 5.74) is 0.749. The molecule has 0 unspecified atom stereocenters. The topological polar surface area (TPSA) is 108 Å². The summed E-state index contributed by atoms with van der Waals surface area (Å²) in [7, 11) is 2.62. The van der Waals surface area contributed by atoms with Crippen molar-refractivity contribution in [3.63, 3.8) is 0 Å². The number of nitrogens with zero attached hydrogens (tertiary/aromatic N) is 2. The van der Waals surface area contributed by atoms with Gasteiger partial charge in [-0.1, -0.05) is 56.1 Å². The molecule has 0 saturated carbocycles. The van der Waals surface area contributed by atoms with Crippen molar-refractivity contribution in [1.82, 2.24) is 9.97 Å². The van der Waals surface area contributed by atoms with E-state index in [0.29, 0.717) is 26.5 Å². The second-order valence-electron chi connectivity index (χ2n) is 9.35. The Bertz CT molecular complexity index is 2050. The van der Waals surface area contributed by atoms with E-state index >= 15 is 0 Å². The fourth-order valence-electron chi connectivity index (χ4n) is 3.98. The van der Waals surface area contributed by atoms with Gasteiger partial charge in [0, 0.05) is 38.2 Å². The number of rotatable bonds is 4. The molecule has 47 heavy (non-hydrogen) atoms. The molecule has 0 fully saturated rings. The van der Waals surface area contributed by atoms with Gasteiger partial charge in [0.2, 0.25) is 5.88 Å². The van der Waals surface area contributed by atoms with E-state index in [2.05, 4.69) is 67.2 Å². The number of esters is 2. The molecule has 0 saturated heterocycles. The van der Waals surface area contributed by atoms with Crippen LogP contribution in [0.25, 0.3) is 21.5 Å². The van der Waals surface area contributed by atoms with Gasteiger partial charge in [-0.25, -0.2) is 28.3 Å². The lowest BCUT2D eigenvalue weighted by molar-refractivity contribution is 0.0591. The number of aromatic hydroxyl groups is 1. The normalized spacial score (nSPS) is 10.3. The van der Waals surface area contributed by atoms with E-state index in [0.717, 1.165) is 19.7 Å². The summed E-state index contributed by atoms with van der Waals surface area (Å²) in [5, 5.41) is 11.5. The number of phenolic OH excluding ortho intramolecular Hbond substituents is 1. The molecule has 6 aromatic rings. The Balaban J connectivity index is 0.000000176. The maximum atomic E-state index is 14.5. The number of halogens is 5. The highest BCUT2D eigenvalue weighted by molar-refractivity contribution is 9.11. The van der Waals surface area contributed by atoms with E-state index in [9.17, 15) is 18.4 Å². The minimum absolute atomic E-state index is 0.0677. The first-order valence-corrected chi connectivity index (χ1v) is 15.7. The van der Waals surface area contributed by atoms with Crippen LogP contribution < -0.4 is 4.74 Å². The maximum absolute atomic E-state index is 14.5. The Labute approximate surface area is 292 Å². The first-order valence-electron chi connectivity index (χ1n) is 13.4. The average molecular weight is 833 g/mol. The van der Waals surface area contributed by atoms with E-state index in [1.165, 1.54) is 44.8 Å². The van der Waals surface area contributed by atoms with Gasteiger partial charge in [0.05, 0.1) is 25.3 Å². The van der Waals surface area contributed by atoms with Crippen molar-refractivity contribution in [2.24, 2.45) is 0 Å². The largest absolute Gasteiger partial charge is 0.505 e. The molecule has 0 aliphatic rings. The van der Waals surface area contributed by atoms with Crippen molar-refractivity contribution >= 4 is 81.3 Å². The first kappa shape index (κ1) is 35.4. The van der Waals surface area contributed by atoms with Gasteiger partial charge < -0.3 is 19.3 Å². The van der Waals surface area contributed by atoms with Gasteiger partial charge in [0.1, 0.15) is 4.60 Å². The standard InChI is InChI=1S/C17H11BrFNO3.C10H6BrFO.C7H6BrNO2/c1-22-17(21)11-3-7-15(20-9-11)23-14-6-2-10-8-12(18)4-5-13(10)16(14)19;11-7-2-3-8-6(5-7)1-4-9(13)10(8)12;1-11-7(10)5-2-3-6(8)9-4-5/h2-9H,1H3;1-5,13H;2-4H,1H3. The van der Waals surface area contributed by atoms with Crippen LogP contribution in [0.4, 0.5) is 8.78 Å². The summed E-state index contributed by atoms with van der Waals surface area (Å²) in [4.78, 5) is 30.0. The van der Waals surface area contributed by atoms with Crippen LogP contribution in [-0.2, 0) is 9.47 Å². The number of carbonyl (C=O) groups is 2. The average Bonchev–Trinajstić information content (AvgIpc) is 3.08. The SMILES string of the molecule is COC(=O)c1ccc(Br)nc1.COC(=O)c1ccc(Oc2ccc3cc(Br)ccc3c2F)nc1.Oc1ccc2cc(Br)ccc2c1F. The van der Waals surface area contributed by atoms with E-state index < -0.39 is 17.6 Å². The monoisotopic (exact) mass is 830 g/mol. The quantitative estimate of drug-likeness (QED) is 0.138. The number of hydrogen-bond donors (Lipinski definition) is 1. The number of methoxy groups -OCH3 is 2. The Kier molecular flexibility index (Phi) is 12.3. The number of fused-ring (bicyclic) bond motifs is 2. The van der Waals surface area contributed by atoms with Crippen LogP contribution in [0.1, 0.15) is 20.7 Å². The molecule has 0 spiro atoms. The van der Waals surface area contributed by atoms with Crippen LogP contribution in [0, 0.1) is 11.6 Å². The third-order valence-electron chi connectivity index (χ3n) is 6.30. The lowest BCUT2D eigenvalue weighted by atomic mass is 10.1. The molecule has 240 valence electrons. The molecule has 0 atom stereocenters. The fraction of sp³-hybridized carbons (Fsp3) is 0.0588. The molecule has 1 N–H and O–H groups in total. The lowest BCUT2D eigenvalue weighted by Gasteiger charge is -2.08. The van der Waals surface area contributed by atoms with E-state index in [1.54, 1.807) is 60.7 Å². The predicted octanol–water partition coefficient (Wildman–Crippen LogP) is 9.79. The predicted molar refractivity (Wildman–Crippen MR) is 184 cm³/mol. The fourth-order valence-corrected chi connectivity index (χ4v) is 4.97. The highest BCUT2D eigenvalue weighted by Gasteiger charge is 2.12. The molecule has 0 aliphatic carbocycles. The van der Waals surface area contributed by atoms with Crippen LogP contribution in [0.2, 0.25) is 0 Å². The molecule has 0 bridgehead atoms. The van der Waals surface area contributed by atoms with Crippen molar-refractivity contribution in [2.75, 3.05) is 14.2 Å². The third-order valence-corrected chi connectivity index (χ3v) is 7.75. The molecule has 0 aliphatic heterocycles. The summed E-state index contributed by atoms with van der Waals surface area (Å²) >= 11 is 9.80. The summed E-state index contributed by atoms with van der Waals surface area (Å²) in [6.45, 7) is 0. The lowest BCUT2D eigenvalue weighted by Crippen LogP contribution is -2.01. The van der Waals surface area contributed by atoms with Crippen LogP contribution in [0.5, 0.6) is 17.4 Å². The van der Waals surface area contributed by atoms with Crippen molar-refractivity contribution in [1.29, 1.82) is 0 Å². The molecule has 8 nitrogen and oxygen atoms in total. The number of carbonyl (C=O) groups excluding carboxylic acids is 2. The number of benzene rings is 4. The van der Waals surface area contributed by atoms with E-state index in [4.69, 9.17) is 9.84 Å². The van der Waals surface area contributed by atoms with Crippen LogP contribution in [0.3, 0.4) is 0 Å². The number of ether oxygens (including phenoxy) is 3. The zero-order valence-electron chi connectivity index (χ0n) is 24.5. The number of aromatic nitrogens is 2. The number of pyridine rings is 2. The number of phenols is 1. The van der Waals surface area contributed by atoms with Gasteiger partial charge in [-0.3, -0.25) is 0 Å². The van der Waals surface area contributed by atoms with Crippen LogP contribution in [0.15, 0.2) is 111 Å². The molecule has 4 aromatic carbocycles. The van der Waals surface area contributed by atoms with Crippen molar-refractivity contribution < 1.29 is 37.7 Å². The molecule has 2 aromatic heterocycles. The maximum Gasteiger partial charge on any atom is 0.339 e. The van der Waals surface area contributed by atoms with Gasteiger partial charge in [-0.05, 0) is 81.3 Å². The van der Waals surface area contributed by atoms with Gasteiger partial charge >= 0.3 is 11.9 Å². The Morgan fingerprint density at radius 1 is 0.660 bits per heavy atom. The second kappa shape index (κ2) is 16.4. The Morgan fingerprint density at radius 3 is 1.70 bits per heavy atom. The Hall–Kier alpha value is -4.46. The Morgan fingerprint density at radius 2 is 1.19 bits per heavy atom. The summed E-state index contributed by atoms with van der Waals surface area (Å²) in [5.74, 6) is -1.95. The smallest absolute Gasteiger partial charge is 0.339 e. The zero-order chi connectivity index (χ0) is 34.1. The molecule has 13 heteroatoms. The van der Waals surface area contributed by atoms with Crippen molar-refractivity contribution in [2.45, 2.75) is 0 Å². The minimum Gasteiger partial charge on any atom is -0.505 e. The van der Waals surface area contributed by atoms with Gasteiger partial charge in [0.25, 0.3) is 0 Å². The molecular formula is C34H23Br3F2N2O6. The molecule has 6 rings (SSSR count). The van der Waals surface area contributed by atoms with E-state index in [-0.39, 0.29) is 23.3 Å². The molecule has 0 amide bonds. The summed E-state index contributed by atoms with van der Waals surface area (Å²) in [6, 6.07) is 23.1. The summed E-state index contributed by atoms with van der Waals surface area (Å²) in [6.07, 6.45) is 2.77. The second-order valence-corrected chi connectivity index (χ2v) is 12.0. The zero-order valence-corrected chi connectivity index (χ0v) is 29.3. The molecular weight excluding hydrogens is 810 g/mol.